The van der Waals surface area contributed by atoms with Gasteiger partial charge in [0, 0.05) is 19.1 Å². The van der Waals surface area contributed by atoms with Crippen LogP contribution in [0.25, 0.3) is 0 Å². The number of rotatable bonds is 6. The fourth-order valence-corrected chi connectivity index (χ4v) is 3.48. The van der Waals surface area contributed by atoms with Crippen molar-refractivity contribution < 1.29 is 5.11 Å². The van der Waals surface area contributed by atoms with E-state index in [9.17, 15) is 5.11 Å². The second-order valence-electron chi connectivity index (χ2n) is 7.01. The summed E-state index contributed by atoms with van der Waals surface area (Å²) in [4.78, 5) is 2.53. The third-order valence-corrected chi connectivity index (χ3v) is 4.86. The van der Waals surface area contributed by atoms with Crippen LogP contribution in [0.4, 0.5) is 0 Å². The SMILES string of the molecule is CC(O)(CN(CC1CCCNC1)C1CC1)c1ccccc1. The standard InChI is InChI=1S/C18H28N2O/c1-18(21,16-7-3-2-4-8-16)14-20(17-9-10-17)13-15-6-5-11-19-12-15/h2-4,7-8,15,17,19,21H,5-6,9-14H2,1H3. The monoisotopic (exact) mass is 288 g/mol. The summed E-state index contributed by atoms with van der Waals surface area (Å²) in [6, 6.07) is 10.8. The zero-order valence-electron chi connectivity index (χ0n) is 13.1. The third-order valence-electron chi connectivity index (χ3n) is 4.86. The van der Waals surface area contributed by atoms with Crippen LogP contribution < -0.4 is 5.32 Å². The summed E-state index contributed by atoms with van der Waals surface area (Å²) in [6.07, 6.45) is 5.21. The van der Waals surface area contributed by atoms with E-state index in [1.807, 2.05) is 37.3 Å². The van der Waals surface area contributed by atoms with E-state index in [1.165, 1.54) is 32.2 Å². The summed E-state index contributed by atoms with van der Waals surface area (Å²) < 4.78 is 0. The molecule has 2 N–H and O–H groups in total. The van der Waals surface area contributed by atoms with Crippen LogP contribution in [0, 0.1) is 5.92 Å². The lowest BCUT2D eigenvalue weighted by Gasteiger charge is -2.35. The minimum atomic E-state index is -0.758. The van der Waals surface area contributed by atoms with Gasteiger partial charge in [-0.05, 0) is 57.2 Å². The normalized spacial score (nSPS) is 25.8. The molecule has 1 aromatic rings. The Morgan fingerprint density at radius 3 is 2.62 bits per heavy atom. The van der Waals surface area contributed by atoms with Crippen LogP contribution in [-0.2, 0) is 5.60 Å². The number of benzene rings is 1. The van der Waals surface area contributed by atoms with Gasteiger partial charge in [-0.1, -0.05) is 30.3 Å². The Balaban J connectivity index is 1.64. The predicted octanol–water partition coefficient (Wildman–Crippen LogP) is 2.36. The Bertz CT molecular complexity index is 436. The maximum absolute atomic E-state index is 10.9. The third kappa shape index (κ3) is 4.06. The number of nitrogens with zero attached hydrogens (tertiary/aromatic N) is 1. The largest absolute Gasteiger partial charge is 0.384 e. The van der Waals surface area contributed by atoms with Crippen molar-refractivity contribution in [3.8, 4) is 0 Å². The minimum absolute atomic E-state index is 0.696. The molecule has 1 aromatic carbocycles. The fourth-order valence-electron chi connectivity index (χ4n) is 3.48. The van der Waals surface area contributed by atoms with E-state index in [-0.39, 0.29) is 0 Å². The molecule has 1 saturated heterocycles. The predicted molar refractivity (Wildman–Crippen MR) is 86.2 cm³/mol. The summed E-state index contributed by atoms with van der Waals surface area (Å²) in [5, 5.41) is 14.4. The zero-order valence-corrected chi connectivity index (χ0v) is 13.1. The molecule has 1 aliphatic heterocycles. The van der Waals surface area contributed by atoms with Crippen LogP contribution in [-0.4, -0.2) is 42.2 Å². The van der Waals surface area contributed by atoms with Gasteiger partial charge in [-0.3, -0.25) is 4.90 Å². The molecular formula is C18H28N2O. The summed E-state index contributed by atoms with van der Waals surface area (Å²) in [5.74, 6) is 0.742. The van der Waals surface area contributed by atoms with Crippen molar-refractivity contribution in [2.75, 3.05) is 26.2 Å². The molecule has 3 heteroatoms. The van der Waals surface area contributed by atoms with Crippen molar-refractivity contribution in [3.05, 3.63) is 35.9 Å². The lowest BCUT2D eigenvalue weighted by atomic mass is 9.93. The lowest BCUT2D eigenvalue weighted by Crippen LogP contribution is -2.45. The van der Waals surface area contributed by atoms with Gasteiger partial charge in [-0.2, -0.15) is 0 Å². The van der Waals surface area contributed by atoms with Crippen molar-refractivity contribution in [3.63, 3.8) is 0 Å². The van der Waals surface area contributed by atoms with Gasteiger partial charge in [0.1, 0.15) is 0 Å². The van der Waals surface area contributed by atoms with Gasteiger partial charge in [0.25, 0.3) is 0 Å². The zero-order chi connectivity index (χ0) is 14.7. The molecule has 116 valence electrons. The molecule has 1 aliphatic carbocycles. The Morgan fingerprint density at radius 1 is 1.24 bits per heavy atom. The van der Waals surface area contributed by atoms with E-state index in [0.717, 1.165) is 31.1 Å². The Labute approximate surface area is 128 Å². The first-order valence-electron chi connectivity index (χ1n) is 8.38. The number of hydrogen-bond donors (Lipinski definition) is 2. The highest BCUT2D eigenvalue weighted by molar-refractivity contribution is 5.22. The number of aliphatic hydroxyl groups is 1. The molecule has 0 bridgehead atoms. The van der Waals surface area contributed by atoms with Crippen molar-refractivity contribution in [2.24, 2.45) is 5.92 Å². The highest BCUT2D eigenvalue weighted by atomic mass is 16.3. The first-order chi connectivity index (χ1) is 10.1. The van der Waals surface area contributed by atoms with Crippen LogP contribution in [0.5, 0.6) is 0 Å². The van der Waals surface area contributed by atoms with Crippen LogP contribution in [0.15, 0.2) is 30.3 Å². The van der Waals surface area contributed by atoms with Crippen LogP contribution >= 0.6 is 0 Å². The highest BCUT2D eigenvalue weighted by Gasteiger charge is 2.36. The highest BCUT2D eigenvalue weighted by Crippen LogP contribution is 2.32. The molecule has 3 rings (SSSR count). The molecule has 1 heterocycles. The molecule has 3 nitrogen and oxygen atoms in total. The van der Waals surface area contributed by atoms with Crippen LogP contribution in [0.3, 0.4) is 0 Å². The van der Waals surface area contributed by atoms with E-state index >= 15 is 0 Å². The quantitative estimate of drug-likeness (QED) is 0.843. The second kappa shape index (κ2) is 6.47. The van der Waals surface area contributed by atoms with Crippen LogP contribution in [0.2, 0.25) is 0 Å². The van der Waals surface area contributed by atoms with Gasteiger partial charge >= 0.3 is 0 Å². The summed E-state index contributed by atoms with van der Waals surface area (Å²) in [6.45, 7) is 6.13. The Kier molecular flexibility index (Phi) is 4.63. The number of nitrogens with one attached hydrogen (secondary N) is 1. The topological polar surface area (TPSA) is 35.5 Å². The van der Waals surface area contributed by atoms with Gasteiger partial charge in [0.15, 0.2) is 0 Å². The van der Waals surface area contributed by atoms with Gasteiger partial charge in [-0.15, -0.1) is 0 Å². The van der Waals surface area contributed by atoms with Gasteiger partial charge in [0.05, 0.1) is 5.60 Å². The van der Waals surface area contributed by atoms with Gasteiger partial charge in [-0.25, -0.2) is 0 Å². The second-order valence-corrected chi connectivity index (χ2v) is 7.01. The maximum atomic E-state index is 10.9. The van der Waals surface area contributed by atoms with Gasteiger partial charge < -0.3 is 10.4 Å². The Morgan fingerprint density at radius 2 is 2.00 bits per heavy atom. The van der Waals surface area contributed by atoms with Crippen molar-refractivity contribution >= 4 is 0 Å². The molecule has 2 fully saturated rings. The molecular weight excluding hydrogens is 260 g/mol. The maximum Gasteiger partial charge on any atom is 0.0994 e. The molecule has 2 atom stereocenters. The fraction of sp³-hybridized carbons (Fsp3) is 0.667. The first-order valence-corrected chi connectivity index (χ1v) is 8.38. The molecule has 1 saturated carbocycles. The average Bonchev–Trinajstić information content (AvgIpc) is 3.33. The molecule has 21 heavy (non-hydrogen) atoms. The van der Waals surface area contributed by atoms with Crippen molar-refractivity contribution in [2.45, 2.75) is 44.2 Å². The first kappa shape index (κ1) is 15.0. The Hall–Kier alpha value is -0.900. The summed E-state index contributed by atoms with van der Waals surface area (Å²) in [7, 11) is 0. The molecule has 2 aliphatic rings. The molecule has 0 aromatic heterocycles. The van der Waals surface area contributed by atoms with Gasteiger partial charge in [0.2, 0.25) is 0 Å². The van der Waals surface area contributed by atoms with E-state index < -0.39 is 5.60 Å². The van der Waals surface area contributed by atoms with E-state index in [2.05, 4.69) is 10.2 Å². The van der Waals surface area contributed by atoms with Crippen molar-refractivity contribution in [1.29, 1.82) is 0 Å². The average molecular weight is 288 g/mol. The molecule has 2 unspecified atom stereocenters. The number of piperidine rings is 1. The van der Waals surface area contributed by atoms with E-state index in [4.69, 9.17) is 0 Å². The van der Waals surface area contributed by atoms with Crippen molar-refractivity contribution in [1.82, 2.24) is 10.2 Å². The molecule has 0 radical (unpaired) electrons. The summed E-state index contributed by atoms with van der Waals surface area (Å²) in [5.41, 5.74) is 0.267. The number of hydrogen-bond acceptors (Lipinski definition) is 3. The van der Waals surface area contributed by atoms with E-state index in [1.54, 1.807) is 0 Å². The smallest absolute Gasteiger partial charge is 0.0994 e. The van der Waals surface area contributed by atoms with E-state index in [0.29, 0.717) is 6.04 Å². The van der Waals surface area contributed by atoms with Crippen LogP contribution in [0.1, 0.15) is 38.2 Å². The summed E-state index contributed by atoms with van der Waals surface area (Å²) >= 11 is 0. The molecule has 0 amide bonds. The minimum Gasteiger partial charge on any atom is -0.384 e. The lowest BCUT2D eigenvalue weighted by molar-refractivity contribution is 0.00727. The molecule has 0 spiro atoms.